The normalized spacial score (nSPS) is 16.8. The van der Waals surface area contributed by atoms with E-state index in [4.69, 9.17) is 18.9 Å². The van der Waals surface area contributed by atoms with Gasteiger partial charge in [-0.15, -0.1) is 0 Å². The molecule has 0 spiro atoms. The summed E-state index contributed by atoms with van der Waals surface area (Å²) in [6.45, 7) is 13.7. The van der Waals surface area contributed by atoms with Crippen LogP contribution in [-0.4, -0.2) is 91.5 Å². The third-order valence-electron chi connectivity index (χ3n) is 5.87. The Labute approximate surface area is 250 Å². The van der Waals surface area contributed by atoms with Crippen LogP contribution >= 0.6 is 15.9 Å². The Morgan fingerprint density at radius 2 is 1.07 bits per heavy atom. The second kappa shape index (κ2) is 14.6. The maximum absolute atomic E-state index is 11.9. The van der Waals surface area contributed by atoms with E-state index < -0.39 is 11.2 Å². The average Bonchev–Trinajstić information content (AvgIpc) is 2.90. The van der Waals surface area contributed by atoms with Crippen molar-refractivity contribution in [2.45, 2.75) is 90.6 Å². The third kappa shape index (κ3) is 12.0. The lowest BCUT2D eigenvalue weighted by atomic mass is 10.1. The molecule has 41 heavy (non-hydrogen) atoms. The van der Waals surface area contributed by atoms with E-state index in [0.717, 1.165) is 30.2 Å². The highest BCUT2D eigenvalue weighted by Gasteiger charge is 2.29. The van der Waals surface area contributed by atoms with Crippen LogP contribution in [0.4, 0.5) is 9.59 Å². The van der Waals surface area contributed by atoms with Crippen LogP contribution in [0.3, 0.4) is 0 Å². The molecule has 4 rings (SSSR count). The van der Waals surface area contributed by atoms with E-state index in [1.54, 1.807) is 40.7 Å². The lowest BCUT2D eigenvalue weighted by Crippen LogP contribution is -2.44. The van der Waals surface area contributed by atoms with Gasteiger partial charge >= 0.3 is 24.2 Å². The molecular weight excluding hydrogens is 596 g/mol. The van der Waals surface area contributed by atoms with Gasteiger partial charge in [-0.2, -0.15) is 0 Å². The summed E-state index contributed by atoms with van der Waals surface area (Å²) in [6.07, 6.45) is 9.19. The zero-order valence-electron chi connectivity index (χ0n) is 24.7. The topological polar surface area (TPSA) is 129 Å². The van der Waals surface area contributed by atoms with Crippen LogP contribution in [0.25, 0.3) is 0 Å². The van der Waals surface area contributed by atoms with Gasteiger partial charge in [-0.05, 0) is 63.5 Å². The minimum atomic E-state index is -0.463. The Hall–Kier alpha value is -3.22. The number of amides is 2. The van der Waals surface area contributed by atoms with Crippen molar-refractivity contribution in [1.82, 2.24) is 29.7 Å². The summed E-state index contributed by atoms with van der Waals surface area (Å²) in [7, 11) is 0. The van der Waals surface area contributed by atoms with Gasteiger partial charge in [-0.25, -0.2) is 29.5 Å². The first-order valence-electron chi connectivity index (χ1n) is 13.8. The van der Waals surface area contributed by atoms with Gasteiger partial charge in [0.25, 0.3) is 0 Å². The fourth-order valence-electron chi connectivity index (χ4n) is 3.97. The maximum Gasteiger partial charge on any atom is 0.410 e. The van der Waals surface area contributed by atoms with E-state index in [-0.39, 0.29) is 24.4 Å². The molecule has 2 aromatic rings. The number of halogens is 1. The number of aromatic nitrogens is 4. The summed E-state index contributed by atoms with van der Waals surface area (Å²) in [6, 6.07) is 2.51. The number of piperidine rings is 2. The summed E-state index contributed by atoms with van der Waals surface area (Å²) >= 11 is 3.28. The highest BCUT2D eigenvalue weighted by atomic mass is 79.9. The molecular formula is C28H41BrN6O6. The molecule has 2 aliphatic rings. The van der Waals surface area contributed by atoms with E-state index >= 15 is 0 Å². The van der Waals surface area contributed by atoms with Gasteiger partial charge in [0.1, 0.15) is 23.4 Å². The largest absolute Gasteiger partial charge is 0.460 e. The molecule has 2 fully saturated rings. The third-order valence-corrected chi connectivity index (χ3v) is 6.28. The monoisotopic (exact) mass is 636 g/mol. The number of ether oxygens (including phenoxy) is 4. The molecule has 226 valence electrons. The molecule has 0 saturated carbocycles. The quantitative estimate of drug-likeness (QED) is 0.437. The Morgan fingerprint density at radius 3 is 1.44 bits per heavy atom. The van der Waals surface area contributed by atoms with E-state index in [0.29, 0.717) is 38.2 Å². The van der Waals surface area contributed by atoms with Gasteiger partial charge in [-0.1, -0.05) is 0 Å². The Bertz CT molecular complexity index is 1090. The number of hydrogen-bond acceptors (Lipinski definition) is 10. The maximum atomic E-state index is 11.9. The van der Waals surface area contributed by atoms with Crippen molar-refractivity contribution in [3.05, 3.63) is 35.3 Å². The molecule has 2 aromatic heterocycles. The number of nitrogens with zero attached hydrogens (tertiary/aromatic N) is 6. The van der Waals surface area contributed by atoms with Crippen LogP contribution in [0.5, 0.6) is 12.0 Å². The summed E-state index contributed by atoms with van der Waals surface area (Å²) < 4.78 is 22.9. The minimum Gasteiger partial charge on any atom is -0.460 e. The summed E-state index contributed by atoms with van der Waals surface area (Å²) in [4.78, 5) is 43.6. The number of carbonyl (C=O) groups is 2. The fourth-order valence-corrected chi connectivity index (χ4v) is 4.18. The van der Waals surface area contributed by atoms with Crippen molar-refractivity contribution in [1.29, 1.82) is 0 Å². The van der Waals surface area contributed by atoms with Crippen molar-refractivity contribution in [3.63, 3.8) is 0 Å². The Morgan fingerprint density at radius 1 is 0.707 bits per heavy atom. The number of likely N-dealkylation sites (tertiary alicyclic amines) is 2. The molecule has 13 heteroatoms. The van der Waals surface area contributed by atoms with Crippen molar-refractivity contribution < 1.29 is 28.5 Å². The molecule has 2 amide bonds. The molecule has 2 saturated heterocycles. The average molecular weight is 638 g/mol. The molecule has 0 N–H and O–H groups in total. The summed E-state index contributed by atoms with van der Waals surface area (Å²) in [5, 5.41) is 0. The molecule has 0 aromatic carbocycles. The fraction of sp³-hybridized carbons (Fsp3) is 0.643. The van der Waals surface area contributed by atoms with Crippen LogP contribution in [0, 0.1) is 0 Å². The lowest BCUT2D eigenvalue weighted by molar-refractivity contribution is 0.0107. The molecule has 2 aliphatic heterocycles. The van der Waals surface area contributed by atoms with E-state index in [2.05, 4.69) is 35.9 Å². The first-order chi connectivity index (χ1) is 19.3. The standard InChI is InChI=1S/C14H20BrN3O3.C14H21N3O3/c1-14(2,3)21-13(19)18-6-4-11(5-7-18)20-12-16-8-10(15)9-17-12;1-14(2,3)20-13(18)17-9-5-11(6-10-17)19-12-15-7-4-8-16-12/h8-9,11H,4-7H2,1-3H3;4,7-8,11H,5-6,9-10H2,1-3H3. The number of hydrogen-bond donors (Lipinski definition) is 0. The molecule has 0 radical (unpaired) electrons. The van der Waals surface area contributed by atoms with Crippen LogP contribution in [0.2, 0.25) is 0 Å². The second-order valence-electron chi connectivity index (χ2n) is 11.8. The molecule has 0 aliphatic carbocycles. The summed E-state index contributed by atoms with van der Waals surface area (Å²) in [5.74, 6) is 0. The zero-order valence-corrected chi connectivity index (χ0v) is 26.3. The van der Waals surface area contributed by atoms with Crippen LogP contribution < -0.4 is 9.47 Å². The SMILES string of the molecule is CC(C)(C)OC(=O)N1CCC(Oc2ncc(Br)cn2)CC1.CC(C)(C)OC(=O)N1CCC(Oc2ncccn2)CC1. The summed E-state index contributed by atoms with van der Waals surface area (Å²) in [5.41, 5.74) is -0.919. The van der Waals surface area contributed by atoms with E-state index in [1.807, 2.05) is 41.5 Å². The van der Waals surface area contributed by atoms with Gasteiger partial charge < -0.3 is 28.7 Å². The molecule has 12 nitrogen and oxygen atoms in total. The van der Waals surface area contributed by atoms with Gasteiger partial charge in [0.05, 0.1) is 4.47 Å². The van der Waals surface area contributed by atoms with Crippen molar-refractivity contribution >= 4 is 28.1 Å². The van der Waals surface area contributed by atoms with Gasteiger partial charge in [0, 0.05) is 76.6 Å². The molecule has 0 atom stereocenters. The van der Waals surface area contributed by atoms with Gasteiger partial charge in [0.15, 0.2) is 0 Å². The van der Waals surface area contributed by atoms with Gasteiger partial charge in [0.2, 0.25) is 0 Å². The minimum absolute atomic E-state index is 0.0323. The van der Waals surface area contributed by atoms with Crippen molar-refractivity contribution in [3.8, 4) is 12.0 Å². The van der Waals surface area contributed by atoms with Crippen molar-refractivity contribution in [2.75, 3.05) is 26.2 Å². The predicted molar refractivity (Wildman–Crippen MR) is 155 cm³/mol. The second-order valence-corrected chi connectivity index (χ2v) is 12.7. The molecule has 0 bridgehead atoms. The highest BCUT2D eigenvalue weighted by molar-refractivity contribution is 9.10. The highest BCUT2D eigenvalue weighted by Crippen LogP contribution is 2.20. The van der Waals surface area contributed by atoms with Crippen LogP contribution in [0.15, 0.2) is 35.3 Å². The lowest BCUT2D eigenvalue weighted by Gasteiger charge is -2.33. The van der Waals surface area contributed by atoms with E-state index in [1.165, 1.54) is 0 Å². The van der Waals surface area contributed by atoms with Crippen LogP contribution in [-0.2, 0) is 9.47 Å². The Kier molecular flexibility index (Phi) is 11.5. The smallest absolute Gasteiger partial charge is 0.410 e. The number of rotatable bonds is 4. The molecule has 0 unspecified atom stereocenters. The number of carbonyl (C=O) groups excluding carboxylic acids is 2. The zero-order chi connectivity index (χ0) is 30.0. The Balaban J connectivity index is 0.000000226. The van der Waals surface area contributed by atoms with Crippen molar-refractivity contribution in [2.24, 2.45) is 0 Å². The first-order valence-corrected chi connectivity index (χ1v) is 14.6. The van der Waals surface area contributed by atoms with Gasteiger partial charge in [-0.3, -0.25) is 0 Å². The van der Waals surface area contributed by atoms with E-state index in [9.17, 15) is 9.59 Å². The predicted octanol–water partition coefficient (Wildman–Crippen LogP) is 5.27. The van der Waals surface area contributed by atoms with Crippen LogP contribution in [0.1, 0.15) is 67.2 Å². The first kappa shape index (κ1) is 32.3. The molecule has 4 heterocycles.